The van der Waals surface area contributed by atoms with Gasteiger partial charge in [0.15, 0.2) is 11.5 Å². The number of hydrogen-bond donors (Lipinski definition) is 1. The molecule has 0 bridgehead atoms. The molecule has 100 valence electrons. The van der Waals surface area contributed by atoms with Gasteiger partial charge in [0.25, 0.3) is 0 Å². The number of anilines is 1. The second kappa shape index (κ2) is 5.14. The quantitative estimate of drug-likeness (QED) is 0.924. The van der Waals surface area contributed by atoms with Crippen molar-refractivity contribution in [3.63, 3.8) is 0 Å². The molecule has 20 heavy (non-hydrogen) atoms. The van der Waals surface area contributed by atoms with Crippen LogP contribution in [0.15, 0.2) is 42.5 Å². The molecule has 1 heterocycles. The summed E-state index contributed by atoms with van der Waals surface area (Å²) in [5, 5.41) is 12.3. The van der Waals surface area contributed by atoms with Crippen molar-refractivity contribution in [2.75, 3.05) is 12.1 Å². The van der Waals surface area contributed by atoms with Gasteiger partial charge < -0.3 is 14.8 Å². The minimum atomic E-state index is 0.101. The van der Waals surface area contributed by atoms with Gasteiger partial charge in [-0.25, -0.2) is 0 Å². The van der Waals surface area contributed by atoms with Crippen LogP contribution in [-0.4, -0.2) is 6.79 Å². The number of rotatable bonds is 3. The average Bonchev–Trinajstić information content (AvgIpc) is 2.95. The van der Waals surface area contributed by atoms with Crippen LogP contribution in [0, 0.1) is 11.3 Å². The van der Waals surface area contributed by atoms with Crippen LogP contribution in [0.25, 0.3) is 0 Å². The lowest BCUT2D eigenvalue weighted by Gasteiger charge is -2.16. The summed E-state index contributed by atoms with van der Waals surface area (Å²) in [6.45, 7) is 2.33. The maximum atomic E-state index is 8.94. The number of nitrogens with one attached hydrogen (secondary N) is 1. The van der Waals surface area contributed by atoms with Crippen molar-refractivity contribution >= 4 is 5.69 Å². The first-order valence-electron chi connectivity index (χ1n) is 6.42. The zero-order valence-electron chi connectivity index (χ0n) is 11.1. The highest BCUT2D eigenvalue weighted by Gasteiger charge is 2.14. The molecule has 0 saturated heterocycles. The first-order chi connectivity index (χ1) is 9.76. The highest BCUT2D eigenvalue weighted by molar-refractivity contribution is 5.56. The third-order valence-electron chi connectivity index (χ3n) is 3.27. The predicted molar refractivity (Wildman–Crippen MR) is 75.8 cm³/mol. The summed E-state index contributed by atoms with van der Waals surface area (Å²) < 4.78 is 10.6. The van der Waals surface area contributed by atoms with E-state index in [9.17, 15) is 0 Å². The zero-order valence-corrected chi connectivity index (χ0v) is 11.1. The van der Waals surface area contributed by atoms with Gasteiger partial charge in [-0.3, -0.25) is 0 Å². The Morgan fingerprint density at radius 1 is 1.15 bits per heavy atom. The Labute approximate surface area is 117 Å². The van der Waals surface area contributed by atoms with Gasteiger partial charge in [-0.2, -0.15) is 5.26 Å². The molecule has 1 unspecified atom stereocenters. The molecular formula is C16H14N2O2. The van der Waals surface area contributed by atoms with Crippen LogP contribution in [0.4, 0.5) is 5.69 Å². The van der Waals surface area contributed by atoms with Crippen molar-refractivity contribution in [3.8, 4) is 17.6 Å². The molecule has 0 aromatic heterocycles. The summed E-state index contributed by atoms with van der Waals surface area (Å²) >= 11 is 0. The lowest BCUT2D eigenvalue weighted by molar-refractivity contribution is 0.174. The molecule has 1 N–H and O–H groups in total. The molecule has 3 rings (SSSR count). The summed E-state index contributed by atoms with van der Waals surface area (Å²) in [5.41, 5.74) is 2.70. The molecule has 4 nitrogen and oxygen atoms in total. The number of ether oxygens (including phenoxy) is 2. The summed E-state index contributed by atoms with van der Waals surface area (Å²) in [6.07, 6.45) is 0. The number of hydrogen-bond acceptors (Lipinski definition) is 4. The average molecular weight is 266 g/mol. The molecule has 1 aliphatic rings. The van der Waals surface area contributed by atoms with Crippen molar-refractivity contribution in [2.24, 2.45) is 0 Å². The van der Waals surface area contributed by atoms with E-state index in [0.717, 1.165) is 22.7 Å². The van der Waals surface area contributed by atoms with Gasteiger partial charge in [-0.1, -0.05) is 12.1 Å². The Hall–Kier alpha value is -2.67. The highest BCUT2D eigenvalue weighted by atomic mass is 16.7. The second-order valence-electron chi connectivity index (χ2n) is 4.67. The Bertz CT molecular complexity index is 676. The van der Waals surface area contributed by atoms with Crippen LogP contribution in [0.5, 0.6) is 11.5 Å². The van der Waals surface area contributed by atoms with Crippen molar-refractivity contribution in [3.05, 3.63) is 53.6 Å². The normalized spacial score (nSPS) is 13.6. The third kappa shape index (κ3) is 2.39. The summed E-state index contributed by atoms with van der Waals surface area (Å²) in [6, 6.07) is 15.6. The maximum Gasteiger partial charge on any atom is 0.231 e. The van der Waals surface area contributed by atoms with Gasteiger partial charge in [0.05, 0.1) is 11.6 Å². The predicted octanol–water partition coefficient (Wildman–Crippen LogP) is 3.46. The van der Waals surface area contributed by atoms with Crippen LogP contribution >= 0.6 is 0 Å². The molecule has 0 aliphatic carbocycles. The molecule has 0 saturated carbocycles. The molecule has 1 atom stereocenters. The Morgan fingerprint density at radius 3 is 2.85 bits per heavy atom. The fourth-order valence-corrected chi connectivity index (χ4v) is 2.20. The fraction of sp³-hybridized carbons (Fsp3) is 0.188. The molecule has 4 heteroatoms. The first kappa shape index (κ1) is 12.4. The van der Waals surface area contributed by atoms with E-state index in [1.54, 1.807) is 6.07 Å². The van der Waals surface area contributed by atoms with Crippen LogP contribution < -0.4 is 14.8 Å². The van der Waals surface area contributed by atoms with Crippen LogP contribution in [0.3, 0.4) is 0 Å². The van der Waals surface area contributed by atoms with Crippen LogP contribution in [-0.2, 0) is 0 Å². The van der Waals surface area contributed by atoms with E-state index in [-0.39, 0.29) is 12.8 Å². The molecule has 0 spiro atoms. The summed E-state index contributed by atoms with van der Waals surface area (Å²) in [5.74, 6) is 1.53. The fourth-order valence-electron chi connectivity index (χ4n) is 2.20. The smallest absolute Gasteiger partial charge is 0.231 e. The van der Waals surface area contributed by atoms with E-state index in [2.05, 4.69) is 18.3 Å². The van der Waals surface area contributed by atoms with Gasteiger partial charge >= 0.3 is 0 Å². The van der Waals surface area contributed by atoms with E-state index in [0.29, 0.717) is 5.56 Å². The third-order valence-corrected chi connectivity index (χ3v) is 3.27. The van der Waals surface area contributed by atoms with Gasteiger partial charge in [0, 0.05) is 17.8 Å². The minimum Gasteiger partial charge on any atom is -0.454 e. The van der Waals surface area contributed by atoms with E-state index in [1.165, 1.54) is 0 Å². The maximum absolute atomic E-state index is 8.94. The number of benzene rings is 2. The van der Waals surface area contributed by atoms with Crippen LogP contribution in [0.2, 0.25) is 0 Å². The molecule has 0 radical (unpaired) electrons. The standard InChI is InChI=1S/C16H14N2O2/c1-11(13-4-2-3-12(7-13)9-17)18-14-5-6-15-16(8-14)20-10-19-15/h2-8,11,18H,10H2,1H3. The van der Waals surface area contributed by atoms with Crippen molar-refractivity contribution in [1.29, 1.82) is 5.26 Å². The minimum absolute atomic E-state index is 0.101. The Balaban J connectivity index is 1.78. The largest absolute Gasteiger partial charge is 0.454 e. The highest BCUT2D eigenvalue weighted by Crippen LogP contribution is 2.35. The Morgan fingerprint density at radius 2 is 2.00 bits per heavy atom. The first-order valence-corrected chi connectivity index (χ1v) is 6.42. The second-order valence-corrected chi connectivity index (χ2v) is 4.67. The number of fused-ring (bicyclic) bond motifs is 1. The topological polar surface area (TPSA) is 54.3 Å². The van der Waals surface area contributed by atoms with E-state index < -0.39 is 0 Å². The zero-order chi connectivity index (χ0) is 13.9. The van der Waals surface area contributed by atoms with Crippen molar-refractivity contribution < 1.29 is 9.47 Å². The monoisotopic (exact) mass is 266 g/mol. The SMILES string of the molecule is CC(Nc1ccc2c(c1)OCO2)c1cccc(C#N)c1. The molecular weight excluding hydrogens is 252 g/mol. The Kier molecular flexibility index (Phi) is 3.18. The molecule has 2 aromatic carbocycles. The molecule has 2 aromatic rings. The summed E-state index contributed by atoms with van der Waals surface area (Å²) in [7, 11) is 0. The van der Waals surface area contributed by atoms with Crippen molar-refractivity contribution in [1.82, 2.24) is 0 Å². The molecule has 0 amide bonds. The van der Waals surface area contributed by atoms with Gasteiger partial charge in [-0.15, -0.1) is 0 Å². The van der Waals surface area contributed by atoms with E-state index >= 15 is 0 Å². The van der Waals surface area contributed by atoms with Gasteiger partial charge in [-0.05, 0) is 36.8 Å². The van der Waals surface area contributed by atoms with Crippen molar-refractivity contribution in [2.45, 2.75) is 13.0 Å². The van der Waals surface area contributed by atoms with Gasteiger partial charge in [0.2, 0.25) is 6.79 Å². The number of nitriles is 1. The molecule has 1 aliphatic heterocycles. The summed E-state index contributed by atoms with van der Waals surface area (Å²) in [4.78, 5) is 0. The molecule has 0 fully saturated rings. The van der Waals surface area contributed by atoms with E-state index in [4.69, 9.17) is 14.7 Å². The van der Waals surface area contributed by atoms with E-state index in [1.807, 2.05) is 36.4 Å². The lowest BCUT2D eigenvalue weighted by Crippen LogP contribution is -2.06. The number of nitrogens with zero attached hydrogens (tertiary/aromatic N) is 1. The van der Waals surface area contributed by atoms with Crippen LogP contribution in [0.1, 0.15) is 24.1 Å². The lowest BCUT2D eigenvalue weighted by atomic mass is 10.1. The van der Waals surface area contributed by atoms with Gasteiger partial charge in [0.1, 0.15) is 0 Å².